The van der Waals surface area contributed by atoms with Crippen LogP contribution >= 0.6 is 0 Å². The van der Waals surface area contributed by atoms with Crippen LogP contribution in [0.4, 0.5) is 5.82 Å². The number of pyridine rings is 1. The van der Waals surface area contributed by atoms with Crippen molar-refractivity contribution in [2.45, 2.75) is 13.1 Å². The van der Waals surface area contributed by atoms with Gasteiger partial charge in [0.1, 0.15) is 17.9 Å². The fourth-order valence-corrected chi connectivity index (χ4v) is 3.26. The van der Waals surface area contributed by atoms with Gasteiger partial charge in [0.05, 0.1) is 5.39 Å². The summed E-state index contributed by atoms with van der Waals surface area (Å²) in [5.74, 6) is 0.644. The van der Waals surface area contributed by atoms with Gasteiger partial charge in [-0.25, -0.2) is 9.67 Å². The van der Waals surface area contributed by atoms with Crippen LogP contribution in [0.15, 0.2) is 47.4 Å². The lowest BCUT2D eigenvalue weighted by molar-refractivity contribution is -0.122. The zero-order chi connectivity index (χ0) is 20.2. The second-order valence-corrected chi connectivity index (χ2v) is 7.16. The van der Waals surface area contributed by atoms with Gasteiger partial charge in [-0.15, -0.1) is 5.10 Å². The lowest BCUT2D eigenvalue weighted by Crippen LogP contribution is -2.44. The molecule has 4 rings (SSSR count). The number of carbonyl (C=O) groups excluding carboxylic acids is 1. The van der Waals surface area contributed by atoms with Crippen LogP contribution in [-0.2, 0) is 17.9 Å². The van der Waals surface area contributed by atoms with Crippen LogP contribution in [0.1, 0.15) is 5.56 Å². The number of anilines is 1. The molecule has 0 spiro atoms. The van der Waals surface area contributed by atoms with E-state index >= 15 is 0 Å². The van der Waals surface area contributed by atoms with Crippen LogP contribution in [0, 0.1) is 0 Å². The Morgan fingerprint density at radius 2 is 1.90 bits per heavy atom. The summed E-state index contributed by atoms with van der Waals surface area (Å²) in [6, 6.07) is 10.9. The molecule has 1 aliphatic heterocycles. The number of fused-ring (bicyclic) bond motifs is 1. The minimum absolute atomic E-state index is 0.177. The molecule has 0 aliphatic carbocycles. The molecule has 9 heteroatoms. The van der Waals surface area contributed by atoms with E-state index in [1.807, 2.05) is 12.1 Å². The maximum absolute atomic E-state index is 12.4. The maximum Gasteiger partial charge on any atom is 0.278 e. The topological polar surface area (TPSA) is 96.2 Å². The van der Waals surface area contributed by atoms with Crippen LogP contribution in [0.2, 0.25) is 0 Å². The quantitative estimate of drug-likeness (QED) is 0.664. The first-order valence-electron chi connectivity index (χ1n) is 9.58. The molecule has 29 heavy (non-hydrogen) atoms. The molecule has 1 N–H and O–H groups in total. The lowest BCUT2D eigenvalue weighted by atomic mass is 10.2. The van der Waals surface area contributed by atoms with E-state index in [0.29, 0.717) is 17.4 Å². The van der Waals surface area contributed by atoms with Crippen LogP contribution in [0.3, 0.4) is 0 Å². The highest BCUT2D eigenvalue weighted by Gasteiger charge is 2.15. The van der Waals surface area contributed by atoms with Gasteiger partial charge in [-0.2, -0.15) is 0 Å². The second-order valence-electron chi connectivity index (χ2n) is 7.16. The van der Waals surface area contributed by atoms with E-state index in [2.05, 4.69) is 37.5 Å². The predicted molar refractivity (Wildman–Crippen MR) is 110 cm³/mol. The summed E-state index contributed by atoms with van der Waals surface area (Å²) in [4.78, 5) is 33.7. The van der Waals surface area contributed by atoms with Crippen molar-refractivity contribution in [2.75, 3.05) is 38.1 Å². The number of amides is 1. The molecule has 0 atom stereocenters. The molecule has 1 aliphatic rings. The highest BCUT2D eigenvalue weighted by molar-refractivity contribution is 5.78. The van der Waals surface area contributed by atoms with E-state index < -0.39 is 0 Å². The summed E-state index contributed by atoms with van der Waals surface area (Å²) in [5, 5.41) is 11.1. The summed E-state index contributed by atoms with van der Waals surface area (Å²) >= 11 is 0. The zero-order valence-corrected chi connectivity index (χ0v) is 16.3. The number of piperazine rings is 1. The first-order valence-corrected chi connectivity index (χ1v) is 9.58. The molecule has 1 saturated heterocycles. The summed E-state index contributed by atoms with van der Waals surface area (Å²) in [6.07, 6.45) is 1.77. The fraction of sp³-hybridized carbons (Fsp3) is 0.350. The van der Waals surface area contributed by atoms with Crippen LogP contribution in [0.5, 0.6) is 0 Å². The monoisotopic (exact) mass is 393 g/mol. The van der Waals surface area contributed by atoms with Crippen molar-refractivity contribution in [3.05, 3.63) is 58.5 Å². The number of nitrogens with one attached hydrogen (secondary N) is 1. The number of hydrogen-bond donors (Lipinski definition) is 1. The van der Waals surface area contributed by atoms with Crippen molar-refractivity contribution in [3.63, 3.8) is 0 Å². The lowest BCUT2D eigenvalue weighted by Gasteiger charge is -2.33. The summed E-state index contributed by atoms with van der Waals surface area (Å²) in [5.41, 5.74) is 1.08. The minimum Gasteiger partial charge on any atom is -0.354 e. The molecule has 150 valence electrons. The molecular formula is C20H23N7O2. The van der Waals surface area contributed by atoms with Gasteiger partial charge in [0.2, 0.25) is 5.91 Å². The molecule has 3 heterocycles. The number of benzene rings is 1. The van der Waals surface area contributed by atoms with E-state index in [1.165, 1.54) is 0 Å². The van der Waals surface area contributed by atoms with Crippen LogP contribution in [0.25, 0.3) is 10.9 Å². The van der Waals surface area contributed by atoms with Gasteiger partial charge in [-0.1, -0.05) is 23.4 Å². The molecule has 0 bridgehead atoms. The van der Waals surface area contributed by atoms with E-state index in [0.717, 1.165) is 42.2 Å². The van der Waals surface area contributed by atoms with Crippen molar-refractivity contribution < 1.29 is 4.79 Å². The molecule has 1 aromatic carbocycles. The van der Waals surface area contributed by atoms with E-state index in [-0.39, 0.29) is 18.0 Å². The number of likely N-dealkylation sites (N-methyl/N-ethyl adjacent to an activating group) is 1. The number of hydrogen-bond acceptors (Lipinski definition) is 7. The first kappa shape index (κ1) is 19.0. The minimum atomic E-state index is -0.330. The molecule has 0 saturated carbocycles. The van der Waals surface area contributed by atoms with Gasteiger partial charge in [0.15, 0.2) is 0 Å². The third-order valence-electron chi connectivity index (χ3n) is 5.05. The van der Waals surface area contributed by atoms with Crippen LogP contribution < -0.4 is 15.8 Å². The third kappa shape index (κ3) is 4.40. The average molecular weight is 393 g/mol. The first-order chi connectivity index (χ1) is 14.1. The third-order valence-corrected chi connectivity index (χ3v) is 5.05. The maximum atomic E-state index is 12.4. The standard InChI is InChI=1S/C20H23N7O2/c1-25-8-10-26(11-9-25)18-7-6-15(12-21-18)13-22-19(28)14-27-20(29)16-4-2-3-5-17(16)23-24-27/h2-7,12H,8-11,13-14H2,1H3,(H,22,28). The fourth-order valence-electron chi connectivity index (χ4n) is 3.26. The molecule has 2 aromatic heterocycles. The van der Waals surface area contributed by atoms with Crippen LogP contribution in [-0.4, -0.2) is 64.0 Å². The normalized spacial score (nSPS) is 14.9. The number of carbonyl (C=O) groups is 1. The second kappa shape index (κ2) is 8.36. The average Bonchev–Trinajstić information content (AvgIpc) is 2.75. The van der Waals surface area contributed by atoms with Gasteiger partial charge in [-0.05, 0) is 30.8 Å². The highest BCUT2D eigenvalue weighted by Crippen LogP contribution is 2.13. The predicted octanol–water partition coefficient (Wildman–Crippen LogP) is 0.255. The molecule has 0 unspecified atom stereocenters. The Kier molecular flexibility index (Phi) is 5.48. The number of aromatic nitrogens is 4. The van der Waals surface area contributed by atoms with Gasteiger partial charge in [-0.3, -0.25) is 9.59 Å². The van der Waals surface area contributed by atoms with Crippen molar-refractivity contribution in [3.8, 4) is 0 Å². The van der Waals surface area contributed by atoms with Crippen molar-refractivity contribution in [1.82, 2.24) is 30.2 Å². The Hall–Kier alpha value is -3.33. The molecule has 3 aromatic rings. The molecule has 1 amide bonds. The van der Waals surface area contributed by atoms with E-state index in [1.54, 1.807) is 30.5 Å². The Balaban J connectivity index is 1.34. The summed E-state index contributed by atoms with van der Waals surface area (Å²) in [7, 11) is 2.12. The smallest absolute Gasteiger partial charge is 0.278 e. The number of rotatable bonds is 5. The summed E-state index contributed by atoms with van der Waals surface area (Å²) < 4.78 is 1.08. The SMILES string of the molecule is CN1CCN(c2ccc(CNC(=O)Cn3nnc4ccccc4c3=O)cn2)CC1. The largest absolute Gasteiger partial charge is 0.354 e. The van der Waals surface area contributed by atoms with Gasteiger partial charge < -0.3 is 15.1 Å². The Morgan fingerprint density at radius 3 is 2.66 bits per heavy atom. The number of nitrogens with zero attached hydrogens (tertiary/aromatic N) is 6. The summed E-state index contributed by atoms with van der Waals surface area (Å²) in [6.45, 7) is 4.13. The van der Waals surface area contributed by atoms with Gasteiger partial charge >= 0.3 is 0 Å². The Bertz CT molecular complexity index is 1060. The van der Waals surface area contributed by atoms with Gasteiger partial charge in [0, 0.05) is 38.9 Å². The highest BCUT2D eigenvalue weighted by atomic mass is 16.2. The van der Waals surface area contributed by atoms with Gasteiger partial charge in [0.25, 0.3) is 5.56 Å². The molecule has 1 fully saturated rings. The molecule has 9 nitrogen and oxygen atoms in total. The molecular weight excluding hydrogens is 370 g/mol. The van der Waals surface area contributed by atoms with Crippen molar-refractivity contribution in [1.29, 1.82) is 0 Å². The Labute approximate surface area is 168 Å². The van der Waals surface area contributed by atoms with Crippen molar-refractivity contribution >= 4 is 22.6 Å². The van der Waals surface area contributed by atoms with E-state index in [9.17, 15) is 9.59 Å². The Morgan fingerprint density at radius 1 is 1.10 bits per heavy atom. The van der Waals surface area contributed by atoms with Crippen molar-refractivity contribution in [2.24, 2.45) is 0 Å². The zero-order valence-electron chi connectivity index (χ0n) is 16.3. The van der Waals surface area contributed by atoms with E-state index in [4.69, 9.17) is 0 Å². The molecule has 0 radical (unpaired) electrons.